The molecule has 2 saturated heterocycles. The molecule has 3 amide bonds. The highest BCUT2D eigenvalue weighted by molar-refractivity contribution is 5.84. The number of hydrogen-bond acceptors (Lipinski definition) is 7. The molecule has 63 heavy (non-hydrogen) atoms. The highest BCUT2D eigenvalue weighted by atomic mass is 19.1. The Kier molecular flexibility index (Phi) is 12.8. The molecule has 8 rings (SSSR count). The Bertz CT molecular complexity index is 2520. The van der Waals surface area contributed by atoms with Crippen molar-refractivity contribution in [2.24, 2.45) is 5.73 Å². The van der Waals surface area contributed by atoms with Crippen molar-refractivity contribution < 1.29 is 23.5 Å². The number of likely N-dealkylation sites (tertiary alicyclic amines) is 2. The van der Waals surface area contributed by atoms with Crippen molar-refractivity contribution in [2.75, 3.05) is 26.2 Å². The molecular weight excluding hydrogens is 796 g/mol. The van der Waals surface area contributed by atoms with Crippen LogP contribution in [0.2, 0.25) is 0 Å². The predicted molar refractivity (Wildman–Crippen MR) is 240 cm³/mol. The van der Waals surface area contributed by atoms with Crippen molar-refractivity contribution in [3.63, 3.8) is 0 Å². The van der Waals surface area contributed by atoms with Crippen LogP contribution in [-0.2, 0) is 20.7 Å². The molecule has 0 aliphatic carbocycles. The second-order valence-electron chi connectivity index (χ2n) is 16.8. The third-order valence-electron chi connectivity index (χ3n) is 12.6. The van der Waals surface area contributed by atoms with E-state index in [-0.39, 0.29) is 42.8 Å². The number of halogens is 1. The zero-order chi connectivity index (χ0) is 44.1. The van der Waals surface area contributed by atoms with E-state index in [4.69, 9.17) is 20.4 Å². The highest BCUT2D eigenvalue weighted by Gasteiger charge is 2.40. The Hall–Kier alpha value is -6.60. The maximum absolute atomic E-state index is 14.6. The van der Waals surface area contributed by atoms with Crippen molar-refractivity contribution >= 4 is 17.9 Å². The number of hydrogen-bond donors (Lipinski definition) is 3. The van der Waals surface area contributed by atoms with E-state index in [2.05, 4.69) is 65.1 Å². The standard InChI is InChI=1S/C50H55FN8O4/c1-4-57(5-2)45(37-13-7-6-8-14-37)48(61)59-28-12-18-43(59)47-54-32-41(56-47)36-25-21-34(22-26-36)33-19-23-35(24-20-33)40-31-53-46(55-40)42-17-11-27-58(42)44(60)30-50(3,63-49(52)62)29-38-15-9-10-16-39(38)51/h6-10,13-16,19-26,31-32,42-43,45H,4-5,11-12,17-18,27-30H2,1-3H3,(H2,52,62)(H,53,55)(H,54,56)/t42-,43-,45+,50+/m0/s1. The van der Waals surface area contributed by atoms with Gasteiger partial charge in [-0.2, -0.15) is 0 Å². The average Bonchev–Trinajstić information content (AvgIpc) is 4.14. The molecule has 0 saturated carbocycles. The van der Waals surface area contributed by atoms with E-state index in [1.54, 1.807) is 36.2 Å². The van der Waals surface area contributed by atoms with Gasteiger partial charge in [0.2, 0.25) is 11.8 Å². The second kappa shape index (κ2) is 18.8. The largest absolute Gasteiger partial charge is 0.442 e. The number of likely N-dealkylation sites (N-methyl/N-ethyl adjacent to an activating group) is 1. The Balaban J connectivity index is 0.914. The molecule has 6 aromatic rings. The summed E-state index contributed by atoms with van der Waals surface area (Å²) >= 11 is 0. The number of aromatic amines is 2. The number of aromatic nitrogens is 4. The van der Waals surface area contributed by atoms with Gasteiger partial charge in [0.1, 0.15) is 29.1 Å². The lowest BCUT2D eigenvalue weighted by atomic mass is 9.91. The normalized spacial score (nSPS) is 17.8. The summed E-state index contributed by atoms with van der Waals surface area (Å²) in [4.78, 5) is 62.4. The Morgan fingerprint density at radius 1 is 0.762 bits per heavy atom. The number of amides is 3. The van der Waals surface area contributed by atoms with Crippen molar-refractivity contribution in [3.8, 4) is 33.6 Å². The van der Waals surface area contributed by atoms with Crippen molar-refractivity contribution in [3.05, 3.63) is 144 Å². The van der Waals surface area contributed by atoms with Gasteiger partial charge >= 0.3 is 6.09 Å². The molecule has 2 aliphatic rings. The monoisotopic (exact) mass is 850 g/mol. The summed E-state index contributed by atoms with van der Waals surface area (Å²) in [5.74, 6) is 0.935. The number of H-pyrrole nitrogens is 2. The summed E-state index contributed by atoms with van der Waals surface area (Å²) in [7, 11) is 0. The summed E-state index contributed by atoms with van der Waals surface area (Å²) in [6.07, 6.45) is 5.77. The van der Waals surface area contributed by atoms with E-state index in [1.165, 1.54) is 6.07 Å². The summed E-state index contributed by atoms with van der Waals surface area (Å²) < 4.78 is 20.0. The van der Waals surface area contributed by atoms with Crippen LogP contribution in [0.1, 0.15) is 93.8 Å². The van der Waals surface area contributed by atoms with E-state index >= 15 is 0 Å². The third kappa shape index (κ3) is 9.43. The second-order valence-corrected chi connectivity index (χ2v) is 16.8. The number of rotatable bonds is 15. The number of carbonyl (C=O) groups is 3. The molecular formula is C50H55FN8O4. The molecule has 326 valence electrons. The van der Waals surface area contributed by atoms with Crippen LogP contribution < -0.4 is 5.73 Å². The molecule has 2 aliphatic heterocycles. The maximum Gasteiger partial charge on any atom is 0.405 e. The van der Waals surface area contributed by atoms with Crippen molar-refractivity contribution in [2.45, 2.75) is 83.0 Å². The number of nitrogens with two attached hydrogens (primary N) is 1. The first kappa shape index (κ1) is 43.1. The Labute approximate surface area is 367 Å². The SMILES string of the molecule is CCN(CC)[C@@H](C(=O)N1CCC[C@H]1c1ncc(-c2ccc(-c3ccc(-c4cnc([C@@H]5CCCN5C(=O)C[C@@](C)(Cc5ccccc5F)OC(N)=O)[nH]4)cc3)cc2)[nH]1)c1ccccc1. The van der Waals surface area contributed by atoms with E-state index < -0.39 is 17.5 Å². The molecule has 0 spiro atoms. The topological polar surface area (TPSA) is 154 Å². The van der Waals surface area contributed by atoms with Crippen molar-refractivity contribution in [1.29, 1.82) is 0 Å². The smallest absolute Gasteiger partial charge is 0.405 e. The first-order valence-electron chi connectivity index (χ1n) is 22.0. The van der Waals surface area contributed by atoms with Gasteiger partial charge in [0.05, 0.1) is 42.3 Å². The zero-order valence-corrected chi connectivity index (χ0v) is 36.1. The van der Waals surface area contributed by atoms with Gasteiger partial charge in [0.25, 0.3) is 0 Å². The van der Waals surface area contributed by atoms with Gasteiger partial charge < -0.3 is 30.2 Å². The van der Waals surface area contributed by atoms with E-state index in [0.29, 0.717) is 24.5 Å². The third-order valence-corrected chi connectivity index (χ3v) is 12.6. The summed E-state index contributed by atoms with van der Waals surface area (Å²) in [6.45, 7) is 8.60. The van der Waals surface area contributed by atoms with E-state index in [1.807, 2.05) is 53.6 Å². The number of nitrogens with one attached hydrogen (secondary N) is 2. The zero-order valence-electron chi connectivity index (χ0n) is 36.1. The van der Waals surface area contributed by atoms with E-state index in [9.17, 15) is 18.8 Å². The van der Waals surface area contributed by atoms with Crippen molar-refractivity contribution in [1.82, 2.24) is 34.6 Å². The van der Waals surface area contributed by atoms with Crippen LogP contribution in [0, 0.1) is 5.82 Å². The average molecular weight is 851 g/mol. The summed E-state index contributed by atoms with van der Waals surface area (Å²) in [5, 5.41) is 0. The molecule has 13 heteroatoms. The lowest BCUT2D eigenvalue weighted by molar-refractivity contribution is -0.138. The molecule has 4 heterocycles. The number of nitrogens with zero attached hydrogens (tertiary/aromatic N) is 5. The van der Waals surface area contributed by atoms with Gasteiger partial charge in [0, 0.05) is 19.5 Å². The van der Waals surface area contributed by atoms with Crippen LogP contribution in [0.4, 0.5) is 9.18 Å². The van der Waals surface area contributed by atoms with Crippen LogP contribution in [0.5, 0.6) is 0 Å². The number of ether oxygens (including phenoxy) is 1. The highest BCUT2D eigenvalue weighted by Crippen LogP contribution is 2.37. The molecule has 12 nitrogen and oxygen atoms in total. The molecule has 0 unspecified atom stereocenters. The molecule has 4 N–H and O–H groups in total. The minimum Gasteiger partial charge on any atom is -0.442 e. The van der Waals surface area contributed by atoms with E-state index in [0.717, 1.165) is 83.8 Å². The molecule has 0 bridgehead atoms. The molecule has 2 aromatic heterocycles. The summed E-state index contributed by atoms with van der Waals surface area (Å²) in [6, 6.07) is 32.2. The van der Waals surface area contributed by atoms with Gasteiger partial charge in [-0.25, -0.2) is 19.2 Å². The lowest BCUT2D eigenvalue weighted by Gasteiger charge is -2.34. The van der Waals surface area contributed by atoms with Gasteiger partial charge in [-0.3, -0.25) is 14.5 Å². The van der Waals surface area contributed by atoms with Crippen LogP contribution in [0.25, 0.3) is 33.6 Å². The Morgan fingerprint density at radius 2 is 1.27 bits per heavy atom. The minimum atomic E-state index is -1.34. The van der Waals surface area contributed by atoms with Crippen LogP contribution in [0.3, 0.4) is 0 Å². The Morgan fingerprint density at radius 3 is 1.81 bits per heavy atom. The first-order valence-corrected chi connectivity index (χ1v) is 22.0. The maximum atomic E-state index is 14.6. The first-order chi connectivity index (χ1) is 30.5. The molecule has 4 aromatic carbocycles. The fourth-order valence-electron chi connectivity index (χ4n) is 9.39. The van der Waals surface area contributed by atoms with Crippen LogP contribution in [0.15, 0.2) is 116 Å². The fourth-order valence-corrected chi connectivity index (χ4v) is 9.39. The predicted octanol–water partition coefficient (Wildman–Crippen LogP) is 9.17. The molecule has 2 fully saturated rings. The van der Waals surface area contributed by atoms with Gasteiger partial charge in [0.15, 0.2) is 0 Å². The number of imidazole rings is 2. The number of carbonyl (C=O) groups excluding carboxylic acids is 3. The molecule has 4 atom stereocenters. The molecule has 0 radical (unpaired) electrons. The number of benzene rings is 4. The quantitative estimate of drug-likeness (QED) is 0.0932. The minimum absolute atomic E-state index is 0.000701. The fraction of sp³-hybridized carbons (Fsp3) is 0.340. The lowest BCUT2D eigenvalue weighted by Crippen LogP contribution is -2.43. The van der Waals surface area contributed by atoms with Gasteiger partial charge in [-0.05, 0) is 85.1 Å². The summed E-state index contributed by atoms with van der Waals surface area (Å²) in [5.41, 5.74) is 11.2. The van der Waals surface area contributed by atoms with Gasteiger partial charge in [-0.1, -0.05) is 111 Å². The number of primary amides is 1. The van der Waals surface area contributed by atoms with Gasteiger partial charge in [-0.15, -0.1) is 0 Å². The van der Waals surface area contributed by atoms with Crippen LogP contribution in [-0.4, -0.2) is 84.3 Å². The van der Waals surface area contributed by atoms with Crippen LogP contribution >= 0.6 is 0 Å².